The molecule has 0 atom stereocenters. The van der Waals surface area contributed by atoms with Gasteiger partial charge in [0.15, 0.2) is 14.7 Å². The van der Waals surface area contributed by atoms with Crippen molar-refractivity contribution in [3.8, 4) is 0 Å². The van der Waals surface area contributed by atoms with Crippen molar-refractivity contribution in [1.82, 2.24) is 9.88 Å². The zero-order valence-corrected chi connectivity index (χ0v) is 19.3. The van der Waals surface area contributed by atoms with Gasteiger partial charge in [-0.15, -0.1) is 0 Å². The number of nitrogens with one attached hydrogen (secondary N) is 1. The van der Waals surface area contributed by atoms with Crippen LogP contribution in [0.3, 0.4) is 0 Å². The van der Waals surface area contributed by atoms with E-state index >= 15 is 0 Å². The Hall–Kier alpha value is -2.96. The number of halogens is 2. The van der Waals surface area contributed by atoms with Crippen LogP contribution in [0.15, 0.2) is 39.1 Å². The van der Waals surface area contributed by atoms with E-state index in [1.165, 1.54) is 31.2 Å². The maximum absolute atomic E-state index is 13.0. The van der Waals surface area contributed by atoms with E-state index in [1.807, 2.05) is 0 Å². The summed E-state index contributed by atoms with van der Waals surface area (Å²) in [5.41, 5.74) is 15.5. The maximum Gasteiger partial charge on any atom is 0.272 e. The lowest BCUT2D eigenvalue weighted by molar-refractivity contribution is -0.122. The van der Waals surface area contributed by atoms with E-state index in [4.69, 9.17) is 45.2 Å². The fourth-order valence-electron chi connectivity index (χ4n) is 2.76. The molecule has 0 aliphatic heterocycles. The van der Waals surface area contributed by atoms with E-state index in [0.29, 0.717) is 10.7 Å². The molecule has 7 N–H and O–H groups in total. The molecular weight excluding hydrogens is 483 g/mol. The van der Waals surface area contributed by atoms with Crippen molar-refractivity contribution in [2.75, 3.05) is 18.9 Å². The Labute approximate surface area is 194 Å². The number of carbonyl (C=O) groups excluding carboxylic acids is 1. The average molecular weight is 505 g/mol. The maximum atomic E-state index is 13.0. The zero-order chi connectivity index (χ0) is 24.1. The van der Waals surface area contributed by atoms with Crippen LogP contribution in [0.5, 0.6) is 0 Å². The van der Waals surface area contributed by atoms with Gasteiger partial charge in [0.25, 0.3) is 5.56 Å². The van der Waals surface area contributed by atoms with Gasteiger partial charge in [0.2, 0.25) is 11.9 Å². The van der Waals surface area contributed by atoms with E-state index in [1.54, 1.807) is 0 Å². The van der Waals surface area contributed by atoms with E-state index in [0.717, 1.165) is 4.57 Å². The molecule has 2 aromatic rings. The Morgan fingerprint density at radius 3 is 2.56 bits per heavy atom. The fourth-order valence-corrected chi connectivity index (χ4v) is 4.91. The molecule has 0 saturated carbocycles. The Morgan fingerprint density at radius 1 is 1.25 bits per heavy atom. The van der Waals surface area contributed by atoms with E-state index in [9.17, 15) is 18.0 Å². The molecule has 2 rings (SSSR count). The van der Waals surface area contributed by atoms with Gasteiger partial charge in [0.05, 0.1) is 18.0 Å². The van der Waals surface area contributed by atoms with Crippen LogP contribution in [-0.2, 0) is 31.8 Å². The van der Waals surface area contributed by atoms with Gasteiger partial charge >= 0.3 is 0 Å². The summed E-state index contributed by atoms with van der Waals surface area (Å²) < 4.78 is 27.0. The fraction of sp³-hybridized carbons (Fsp3) is 0.278. The Kier molecular flexibility index (Phi) is 8.36. The molecule has 0 radical (unpaired) electrons. The van der Waals surface area contributed by atoms with Crippen molar-refractivity contribution in [3.63, 3.8) is 0 Å². The summed E-state index contributed by atoms with van der Waals surface area (Å²) in [7, 11) is -4.19. The number of pyridine rings is 1. The number of nitrogens with two attached hydrogens (primary N) is 3. The number of oxime groups is 1. The first-order chi connectivity index (χ1) is 14.9. The van der Waals surface area contributed by atoms with Crippen LogP contribution >= 0.6 is 23.2 Å². The summed E-state index contributed by atoms with van der Waals surface area (Å²) in [4.78, 5) is 29.3. The van der Waals surface area contributed by atoms with Crippen LogP contribution in [0.2, 0.25) is 10.0 Å². The number of amides is 1. The molecule has 1 heterocycles. The first-order valence-corrected chi connectivity index (χ1v) is 11.5. The molecule has 0 fully saturated rings. The zero-order valence-electron chi connectivity index (χ0n) is 17.0. The molecule has 0 saturated heterocycles. The highest BCUT2D eigenvalue weighted by molar-refractivity contribution is 7.90. The smallest absolute Gasteiger partial charge is 0.272 e. The molecule has 1 aromatic carbocycles. The molecule has 11 nitrogen and oxygen atoms in total. The first kappa shape index (κ1) is 25.3. The number of carbonyl (C=O) groups is 1. The van der Waals surface area contributed by atoms with E-state index < -0.39 is 38.5 Å². The lowest BCUT2D eigenvalue weighted by Gasteiger charge is -2.15. The Balaban J connectivity index is 2.26. The molecule has 14 heteroatoms. The van der Waals surface area contributed by atoms with Gasteiger partial charge in [-0.3, -0.25) is 9.59 Å². The summed E-state index contributed by atoms with van der Waals surface area (Å²) in [5, 5.41) is 6.27. The van der Waals surface area contributed by atoms with Crippen molar-refractivity contribution in [1.29, 1.82) is 0 Å². The van der Waals surface area contributed by atoms with Gasteiger partial charge < -0.3 is 31.9 Å². The molecule has 0 bridgehead atoms. The van der Waals surface area contributed by atoms with Crippen molar-refractivity contribution in [3.05, 3.63) is 55.9 Å². The Morgan fingerprint density at radius 2 is 1.94 bits per heavy atom. The van der Waals surface area contributed by atoms with E-state index in [-0.39, 0.29) is 35.4 Å². The number of sulfone groups is 1. The second-order valence-electron chi connectivity index (χ2n) is 6.66. The predicted octanol–water partition coefficient (Wildman–Crippen LogP) is 0.341. The van der Waals surface area contributed by atoms with Crippen LogP contribution in [0, 0.1) is 6.92 Å². The summed E-state index contributed by atoms with van der Waals surface area (Å²) in [6.07, 6.45) is 0. The summed E-state index contributed by atoms with van der Waals surface area (Å²) in [6.45, 7) is 1.14. The molecule has 0 aliphatic carbocycles. The topological polar surface area (TPSA) is 185 Å². The number of nitrogen functional groups attached to an aromatic ring is 1. The number of aromatic nitrogens is 1. The largest absolute Gasteiger partial charge is 0.397 e. The minimum Gasteiger partial charge on any atom is -0.397 e. The number of hydrogen-bond donors (Lipinski definition) is 4. The normalized spacial score (nSPS) is 11.1. The number of nitrogens with zero attached hydrogens (tertiary/aromatic N) is 2. The summed E-state index contributed by atoms with van der Waals surface area (Å²) in [5.74, 6) is -1.40. The summed E-state index contributed by atoms with van der Waals surface area (Å²) in [6, 6.07) is 5.64. The van der Waals surface area contributed by atoms with Crippen LogP contribution in [0.1, 0.15) is 11.3 Å². The van der Waals surface area contributed by atoms with Crippen LogP contribution < -0.4 is 28.1 Å². The van der Waals surface area contributed by atoms with E-state index in [2.05, 4.69) is 10.5 Å². The van der Waals surface area contributed by atoms with Crippen molar-refractivity contribution in [2.45, 2.75) is 24.1 Å². The van der Waals surface area contributed by atoms with Gasteiger partial charge in [-0.1, -0.05) is 29.3 Å². The predicted molar refractivity (Wildman–Crippen MR) is 122 cm³/mol. The molecule has 0 spiro atoms. The monoisotopic (exact) mass is 504 g/mol. The molecule has 0 unspecified atom stereocenters. The highest BCUT2D eigenvalue weighted by Crippen LogP contribution is 2.26. The third-order valence-electron chi connectivity index (χ3n) is 4.15. The van der Waals surface area contributed by atoms with Gasteiger partial charge in [-0.05, 0) is 35.8 Å². The lowest BCUT2D eigenvalue weighted by atomic mass is 10.2. The van der Waals surface area contributed by atoms with Crippen molar-refractivity contribution < 1.29 is 18.0 Å². The third kappa shape index (κ3) is 6.52. The number of anilines is 1. The minimum absolute atomic E-state index is 0.0132. The molecule has 32 heavy (non-hydrogen) atoms. The number of aryl methyl sites for hydroxylation is 1. The number of benzene rings is 1. The molecular formula is C18H22Cl2N6O5S. The van der Waals surface area contributed by atoms with Crippen molar-refractivity contribution >= 4 is 50.6 Å². The standard InChI is InChI=1S/C18H22Cl2N6O5S/c1-10-6-14(21)16(32(29,30)9-11-2-3-12(19)7-13(11)20)17(28)26(10)8-15(27)24-4-5-31-25-18(22)23/h2-3,6-7H,4-5,8-9,21H2,1H3,(H,24,27)(H4,22,23,25). The molecule has 1 aromatic heterocycles. The number of guanidine groups is 1. The van der Waals surface area contributed by atoms with Crippen molar-refractivity contribution in [2.24, 2.45) is 16.6 Å². The third-order valence-corrected chi connectivity index (χ3v) is 6.46. The van der Waals surface area contributed by atoms with Gasteiger partial charge in [-0.2, -0.15) is 0 Å². The second kappa shape index (κ2) is 10.6. The number of rotatable bonds is 9. The SMILES string of the molecule is Cc1cc(N)c(S(=O)(=O)Cc2ccc(Cl)cc2Cl)c(=O)n1CC(=O)NCCON=C(N)N. The molecule has 1 amide bonds. The summed E-state index contributed by atoms with van der Waals surface area (Å²) >= 11 is 11.9. The highest BCUT2D eigenvalue weighted by Gasteiger charge is 2.26. The molecule has 174 valence electrons. The minimum atomic E-state index is -4.19. The van der Waals surface area contributed by atoms with Crippen LogP contribution in [0.25, 0.3) is 0 Å². The van der Waals surface area contributed by atoms with Crippen LogP contribution in [0.4, 0.5) is 5.69 Å². The van der Waals surface area contributed by atoms with Gasteiger partial charge in [0, 0.05) is 15.7 Å². The molecule has 0 aliphatic rings. The Bertz CT molecular complexity index is 1210. The van der Waals surface area contributed by atoms with Gasteiger partial charge in [0.1, 0.15) is 13.2 Å². The first-order valence-electron chi connectivity index (χ1n) is 9.06. The quantitative estimate of drug-likeness (QED) is 0.163. The average Bonchev–Trinajstić information content (AvgIpc) is 2.66. The van der Waals surface area contributed by atoms with Crippen LogP contribution in [-0.4, -0.2) is 38.0 Å². The second-order valence-corrected chi connectivity index (χ2v) is 9.43. The highest BCUT2D eigenvalue weighted by atomic mass is 35.5. The number of hydrogen-bond acceptors (Lipinski definition) is 7. The van der Waals surface area contributed by atoms with Gasteiger partial charge in [-0.25, -0.2) is 8.42 Å². The lowest BCUT2D eigenvalue weighted by Crippen LogP contribution is -2.37.